The van der Waals surface area contributed by atoms with Crippen molar-refractivity contribution < 1.29 is 9.47 Å². The van der Waals surface area contributed by atoms with Crippen molar-refractivity contribution >= 4 is 11.6 Å². The van der Waals surface area contributed by atoms with E-state index in [0.29, 0.717) is 0 Å². The van der Waals surface area contributed by atoms with Crippen molar-refractivity contribution in [2.75, 3.05) is 26.8 Å². The van der Waals surface area contributed by atoms with E-state index in [4.69, 9.17) is 21.1 Å². The Morgan fingerprint density at radius 2 is 1.81 bits per heavy atom. The Morgan fingerprint density at radius 3 is 2.38 bits per heavy atom. The molecule has 0 aromatic heterocycles. The summed E-state index contributed by atoms with van der Waals surface area (Å²) in [6.45, 7) is 4.47. The molecule has 3 rings (SSSR count). The minimum atomic E-state index is -0.314. The molecule has 1 aliphatic carbocycles. The third-order valence-electron chi connectivity index (χ3n) is 5.08. The third kappa shape index (κ3) is 2.85. The van der Waals surface area contributed by atoms with Crippen LogP contribution in [0, 0.1) is 6.92 Å². The van der Waals surface area contributed by atoms with Gasteiger partial charge in [-0.1, -0.05) is 23.7 Å². The Balaban J connectivity index is 1.85. The van der Waals surface area contributed by atoms with Crippen LogP contribution in [-0.4, -0.2) is 32.6 Å². The fourth-order valence-electron chi connectivity index (χ4n) is 3.72. The standard InChI is InChI=1S/C17H24ClNO2/c1-13-3-4-14(11-15(13)18)16(12-19-2)5-7-17(8-6-16)20-9-10-21-17/h3-4,11,19H,5-10,12H2,1-2H3. The summed E-state index contributed by atoms with van der Waals surface area (Å²) in [5.74, 6) is -0.314. The van der Waals surface area contributed by atoms with Crippen molar-refractivity contribution in [3.63, 3.8) is 0 Å². The lowest BCUT2D eigenvalue weighted by molar-refractivity contribution is -0.185. The average molecular weight is 310 g/mol. The van der Waals surface area contributed by atoms with Crippen molar-refractivity contribution in [1.82, 2.24) is 5.32 Å². The molecule has 2 aliphatic rings. The highest BCUT2D eigenvalue weighted by atomic mass is 35.5. The molecule has 1 aromatic carbocycles. The van der Waals surface area contributed by atoms with Crippen LogP contribution in [-0.2, 0) is 14.9 Å². The zero-order valence-corrected chi connectivity index (χ0v) is 13.6. The first-order chi connectivity index (χ1) is 10.1. The number of benzene rings is 1. The molecule has 21 heavy (non-hydrogen) atoms. The quantitative estimate of drug-likeness (QED) is 0.928. The molecule has 0 amide bonds. The minimum Gasteiger partial charge on any atom is -0.348 e. The summed E-state index contributed by atoms with van der Waals surface area (Å²) in [6.07, 6.45) is 4.04. The van der Waals surface area contributed by atoms with Gasteiger partial charge < -0.3 is 14.8 Å². The van der Waals surface area contributed by atoms with E-state index in [1.165, 1.54) is 5.56 Å². The summed E-state index contributed by atoms with van der Waals surface area (Å²) >= 11 is 6.35. The summed E-state index contributed by atoms with van der Waals surface area (Å²) in [6, 6.07) is 6.50. The van der Waals surface area contributed by atoms with Gasteiger partial charge in [-0.25, -0.2) is 0 Å². The first-order valence-electron chi connectivity index (χ1n) is 7.78. The predicted octanol–water partition coefficient (Wildman–Crippen LogP) is 3.42. The first-order valence-corrected chi connectivity index (χ1v) is 8.16. The largest absolute Gasteiger partial charge is 0.348 e. The van der Waals surface area contributed by atoms with Gasteiger partial charge in [-0.3, -0.25) is 0 Å². The average Bonchev–Trinajstić information content (AvgIpc) is 2.94. The molecule has 1 spiro atoms. The molecule has 4 heteroatoms. The van der Waals surface area contributed by atoms with Gasteiger partial charge in [0.25, 0.3) is 0 Å². The summed E-state index contributed by atoms with van der Waals surface area (Å²) in [5, 5.41) is 4.22. The van der Waals surface area contributed by atoms with Crippen molar-refractivity contribution in [3.05, 3.63) is 34.3 Å². The van der Waals surface area contributed by atoms with E-state index in [-0.39, 0.29) is 11.2 Å². The topological polar surface area (TPSA) is 30.5 Å². The maximum absolute atomic E-state index is 6.35. The normalized spacial score (nSPS) is 23.6. The van der Waals surface area contributed by atoms with E-state index in [2.05, 4.69) is 23.5 Å². The first kappa shape index (κ1) is 15.3. The number of halogens is 1. The highest BCUT2D eigenvalue weighted by Gasteiger charge is 2.46. The summed E-state index contributed by atoms with van der Waals surface area (Å²) < 4.78 is 11.7. The molecule has 1 heterocycles. The fourth-order valence-corrected chi connectivity index (χ4v) is 3.90. The van der Waals surface area contributed by atoms with E-state index >= 15 is 0 Å². The molecule has 1 N–H and O–H groups in total. The third-order valence-corrected chi connectivity index (χ3v) is 5.49. The van der Waals surface area contributed by atoms with Gasteiger partial charge in [0.2, 0.25) is 0 Å². The number of rotatable bonds is 3. The van der Waals surface area contributed by atoms with Crippen LogP contribution in [0.25, 0.3) is 0 Å². The number of hydrogen-bond acceptors (Lipinski definition) is 3. The molecule has 0 atom stereocenters. The summed E-state index contributed by atoms with van der Waals surface area (Å²) in [5.41, 5.74) is 2.60. The Labute approximate surface area is 132 Å². The van der Waals surface area contributed by atoms with Crippen molar-refractivity contribution in [2.24, 2.45) is 0 Å². The van der Waals surface area contributed by atoms with Crippen LogP contribution in [0.2, 0.25) is 5.02 Å². The molecular formula is C17H24ClNO2. The monoisotopic (exact) mass is 309 g/mol. The van der Waals surface area contributed by atoms with E-state index < -0.39 is 0 Å². The smallest absolute Gasteiger partial charge is 0.168 e. The predicted molar refractivity (Wildman–Crippen MR) is 84.9 cm³/mol. The van der Waals surface area contributed by atoms with E-state index in [0.717, 1.165) is 56.0 Å². The highest BCUT2D eigenvalue weighted by molar-refractivity contribution is 6.31. The molecule has 2 fully saturated rings. The van der Waals surface area contributed by atoms with Gasteiger partial charge in [0.15, 0.2) is 5.79 Å². The molecule has 3 nitrogen and oxygen atoms in total. The second-order valence-corrected chi connectivity index (χ2v) is 6.79. The SMILES string of the molecule is CNCC1(c2ccc(C)c(Cl)c2)CCC2(CC1)OCCO2. The number of hydrogen-bond donors (Lipinski definition) is 1. The van der Waals surface area contributed by atoms with Gasteiger partial charge in [-0.2, -0.15) is 0 Å². The van der Waals surface area contributed by atoms with Crippen molar-refractivity contribution in [1.29, 1.82) is 0 Å². The molecule has 1 saturated heterocycles. The van der Waals surface area contributed by atoms with E-state index in [1.54, 1.807) is 0 Å². The van der Waals surface area contributed by atoms with Gasteiger partial charge in [0, 0.05) is 29.8 Å². The van der Waals surface area contributed by atoms with Crippen LogP contribution in [0.15, 0.2) is 18.2 Å². The lowest BCUT2D eigenvalue weighted by Gasteiger charge is -2.44. The molecule has 116 valence electrons. The Bertz CT molecular complexity index is 502. The second kappa shape index (κ2) is 5.88. The fraction of sp³-hybridized carbons (Fsp3) is 0.647. The lowest BCUT2D eigenvalue weighted by Crippen LogP contribution is -2.46. The molecule has 0 unspecified atom stereocenters. The molecule has 1 aliphatic heterocycles. The maximum atomic E-state index is 6.35. The van der Waals surface area contributed by atoms with Gasteiger partial charge in [-0.05, 0) is 44.0 Å². The van der Waals surface area contributed by atoms with Crippen molar-refractivity contribution in [3.8, 4) is 0 Å². The van der Waals surface area contributed by atoms with Crippen LogP contribution < -0.4 is 5.32 Å². The number of likely N-dealkylation sites (N-methyl/N-ethyl adjacent to an activating group) is 1. The number of ether oxygens (including phenoxy) is 2. The Hall–Kier alpha value is -0.610. The zero-order valence-electron chi connectivity index (χ0n) is 12.9. The van der Waals surface area contributed by atoms with Crippen LogP contribution in [0.5, 0.6) is 0 Å². The van der Waals surface area contributed by atoms with Gasteiger partial charge in [0.05, 0.1) is 13.2 Å². The van der Waals surface area contributed by atoms with Crippen LogP contribution in [0.3, 0.4) is 0 Å². The van der Waals surface area contributed by atoms with Gasteiger partial charge >= 0.3 is 0 Å². The van der Waals surface area contributed by atoms with E-state index in [9.17, 15) is 0 Å². The lowest BCUT2D eigenvalue weighted by atomic mass is 9.67. The molecule has 0 bridgehead atoms. The van der Waals surface area contributed by atoms with Crippen molar-refractivity contribution in [2.45, 2.75) is 43.8 Å². The van der Waals surface area contributed by atoms with Crippen LogP contribution in [0.4, 0.5) is 0 Å². The second-order valence-electron chi connectivity index (χ2n) is 6.38. The molecular weight excluding hydrogens is 286 g/mol. The molecule has 1 aromatic rings. The number of nitrogens with one attached hydrogen (secondary N) is 1. The number of aryl methyl sites for hydroxylation is 1. The zero-order chi connectivity index (χ0) is 14.9. The Kier molecular flexibility index (Phi) is 4.28. The summed E-state index contributed by atoms with van der Waals surface area (Å²) in [7, 11) is 2.02. The molecule has 0 radical (unpaired) electrons. The summed E-state index contributed by atoms with van der Waals surface area (Å²) in [4.78, 5) is 0. The molecule has 1 saturated carbocycles. The maximum Gasteiger partial charge on any atom is 0.168 e. The Morgan fingerprint density at radius 1 is 1.14 bits per heavy atom. The minimum absolute atomic E-state index is 0.132. The van der Waals surface area contributed by atoms with Gasteiger partial charge in [0.1, 0.15) is 0 Å². The van der Waals surface area contributed by atoms with Gasteiger partial charge in [-0.15, -0.1) is 0 Å². The van der Waals surface area contributed by atoms with E-state index in [1.807, 2.05) is 14.0 Å². The highest BCUT2D eigenvalue weighted by Crippen LogP contribution is 2.46. The van der Waals surface area contributed by atoms with Crippen LogP contribution in [0.1, 0.15) is 36.8 Å². The van der Waals surface area contributed by atoms with Crippen LogP contribution >= 0.6 is 11.6 Å².